The topological polar surface area (TPSA) is 133 Å². The highest BCUT2D eigenvalue weighted by molar-refractivity contribution is 5.98. The Labute approximate surface area is 261 Å². The van der Waals surface area contributed by atoms with Crippen molar-refractivity contribution in [3.05, 3.63) is 70.1 Å². The summed E-state index contributed by atoms with van der Waals surface area (Å²) in [5, 5.41) is 9.20. The molecule has 3 N–H and O–H groups in total. The highest BCUT2D eigenvalue weighted by Gasteiger charge is 2.30. The second-order valence-electron chi connectivity index (χ2n) is 11.5. The zero-order chi connectivity index (χ0) is 32.4. The molecule has 2 atom stereocenters. The summed E-state index contributed by atoms with van der Waals surface area (Å²) in [6.45, 7) is 5.28. The predicted molar refractivity (Wildman–Crippen MR) is 174 cm³/mol. The Bertz CT molecular complexity index is 1830. The second kappa shape index (κ2) is 12.9. The third kappa shape index (κ3) is 6.15. The van der Waals surface area contributed by atoms with Crippen LogP contribution in [0, 0.1) is 5.92 Å². The molecule has 5 rings (SSSR count). The van der Waals surface area contributed by atoms with Crippen LogP contribution in [-0.2, 0) is 23.1 Å². The number of nitrogens with zero attached hydrogens (tertiary/aromatic N) is 2. The average Bonchev–Trinajstić information content (AvgIpc) is 3.21. The Morgan fingerprint density at radius 1 is 1.00 bits per heavy atom. The molecule has 1 heterocycles. The smallest absolute Gasteiger partial charge is 0.247 e. The minimum atomic E-state index is -0.725. The normalized spacial score (nSPS) is 14.5. The van der Waals surface area contributed by atoms with Gasteiger partial charge in [0, 0.05) is 25.2 Å². The van der Waals surface area contributed by atoms with E-state index in [2.05, 4.69) is 20.9 Å². The fourth-order valence-corrected chi connectivity index (χ4v) is 5.96. The third-order valence-electron chi connectivity index (χ3n) is 8.17. The van der Waals surface area contributed by atoms with Crippen LogP contribution in [0.25, 0.3) is 22.2 Å². The SMILES string of the molecule is COc1cc2c(c(OC)c1OC)-c1ccc(N[C@@H](C(=O)Nc3ccc4c(c3)ncn4C)C(C)C)c(=O)cc1[C@@H](NC(C)=O)CC2. The van der Waals surface area contributed by atoms with Crippen molar-refractivity contribution in [1.82, 2.24) is 14.9 Å². The Kier molecular flexibility index (Phi) is 8.99. The first-order valence-electron chi connectivity index (χ1n) is 14.8. The van der Waals surface area contributed by atoms with E-state index in [0.717, 1.165) is 22.2 Å². The Balaban J connectivity index is 1.58. The summed E-state index contributed by atoms with van der Waals surface area (Å²) in [4.78, 5) is 44.0. The van der Waals surface area contributed by atoms with Gasteiger partial charge in [-0.1, -0.05) is 19.9 Å². The van der Waals surface area contributed by atoms with Gasteiger partial charge in [0.15, 0.2) is 11.5 Å². The molecule has 11 nitrogen and oxygen atoms in total. The van der Waals surface area contributed by atoms with E-state index in [9.17, 15) is 14.4 Å². The highest BCUT2D eigenvalue weighted by atomic mass is 16.5. The number of anilines is 2. The molecule has 2 amide bonds. The molecule has 45 heavy (non-hydrogen) atoms. The van der Waals surface area contributed by atoms with E-state index in [-0.39, 0.29) is 28.8 Å². The van der Waals surface area contributed by atoms with E-state index < -0.39 is 12.1 Å². The van der Waals surface area contributed by atoms with E-state index in [1.165, 1.54) is 13.0 Å². The first-order valence-corrected chi connectivity index (χ1v) is 14.8. The Morgan fingerprint density at radius 2 is 1.76 bits per heavy atom. The molecule has 3 aromatic carbocycles. The van der Waals surface area contributed by atoms with Gasteiger partial charge in [0.05, 0.1) is 50.4 Å². The molecule has 0 bridgehead atoms. The van der Waals surface area contributed by atoms with E-state index in [1.54, 1.807) is 33.7 Å². The zero-order valence-electron chi connectivity index (χ0n) is 26.6. The standard InChI is InChI=1S/C34H39N5O6/c1-18(2)31(34(42)37-21-9-13-27-26(15-21)35-17-39(27)4)38-25-12-10-22-23(16-28(25)41)24(36-19(3)40)11-8-20-14-29(43-5)32(44-6)33(45-7)30(20)22/h9-10,12-18,24,31H,8,11H2,1-7H3,(H,36,40)(H,37,42)(H,38,41)/t24-,31+/m0/s1. The number of hydrogen-bond donors (Lipinski definition) is 3. The average molecular weight is 614 g/mol. The van der Waals surface area contributed by atoms with Crippen molar-refractivity contribution in [2.24, 2.45) is 13.0 Å². The van der Waals surface area contributed by atoms with Gasteiger partial charge in [0.2, 0.25) is 23.0 Å². The van der Waals surface area contributed by atoms with Crippen molar-refractivity contribution < 1.29 is 23.8 Å². The predicted octanol–water partition coefficient (Wildman–Crippen LogP) is 4.82. The summed E-state index contributed by atoms with van der Waals surface area (Å²) in [6.07, 6.45) is 2.86. The summed E-state index contributed by atoms with van der Waals surface area (Å²) in [5.74, 6) is 0.762. The summed E-state index contributed by atoms with van der Waals surface area (Å²) in [5.41, 5.74) is 5.28. The van der Waals surface area contributed by atoms with Gasteiger partial charge in [0.25, 0.3) is 0 Å². The van der Waals surface area contributed by atoms with E-state index >= 15 is 0 Å². The molecule has 0 spiro atoms. The number of rotatable bonds is 9. The molecule has 0 aliphatic heterocycles. The van der Waals surface area contributed by atoms with Crippen LogP contribution in [0.1, 0.15) is 44.4 Å². The number of carbonyl (C=O) groups excluding carboxylic acids is 2. The van der Waals surface area contributed by atoms with Crippen LogP contribution in [0.2, 0.25) is 0 Å². The lowest BCUT2D eigenvalue weighted by Gasteiger charge is -2.22. The molecule has 0 saturated heterocycles. The van der Waals surface area contributed by atoms with Crippen LogP contribution in [-0.4, -0.2) is 48.7 Å². The summed E-state index contributed by atoms with van der Waals surface area (Å²) < 4.78 is 19.0. The quantitative estimate of drug-likeness (QED) is 0.245. The van der Waals surface area contributed by atoms with Gasteiger partial charge in [-0.05, 0) is 71.8 Å². The van der Waals surface area contributed by atoms with Gasteiger partial charge >= 0.3 is 0 Å². The van der Waals surface area contributed by atoms with Crippen LogP contribution in [0.15, 0.2) is 53.6 Å². The van der Waals surface area contributed by atoms with Gasteiger partial charge < -0.3 is 34.7 Å². The fourth-order valence-electron chi connectivity index (χ4n) is 5.96. The van der Waals surface area contributed by atoms with Crippen molar-refractivity contribution in [2.45, 2.75) is 45.7 Å². The number of aryl methyl sites for hydroxylation is 2. The number of aromatic nitrogens is 2. The van der Waals surface area contributed by atoms with Gasteiger partial charge in [0.1, 0.15) is 6.04 Å². The molecule has 236 valence electrons. The highest BCUT2D eigenvalue weighted by Crippen LogP contribution is 2.50. The molecule has 0 fully saturated rings. The van der Waals surface area contributed by atoms with Gasteiger partial charge in [-0.2, -0.15) is 0 Å². The van der Waals surface area contributed by atoms with E-state index in [4.69, 9.17) is 14.2 Å². The van der Waals surface area contributed by atoms with Crippen LogP contribution in [0.3, 0.4) is 0 Å². The lowest BCUT2D eigenvalue weighted by molar-refractivity contribution is -0.120. The van der Waals surface area contributed by atoms with E-state index in [0.29, 0.717) is 46.9 Å². The number of fused-ring (bicyclic) bond motifs is 4. The molecule has 4 aromatic rings. The molecular formula is C34H39N5O6. The lowest BCUT2D eigenvalue weighted by atomic mass is 9.95. The van der Waals surface area contributed by atoms with Gasteiger partial charge in [-0.15, -0.1) is 0 Å². The Morgan fingerprint density at radius 3 is 2.42 bits per heavy atom. The van der Waals surface area contributed by atoms with Crippen molar-refractivity contribution in [1.29, 1.82) is 0 Å². The van der Waals surface area contributed by atoms with Gasteiger partial charge in [-0.25, -0.2) is 4.98 Å². The summed E-state index contributed by atoms with van der Waals surface area (Å²) in [6, 6.07) is 11.3. The number of amides is 2. The van der Waals surface area contributed by atoms with Crippen LogP contribution in [0.5, 0.6) is 17.2 Å². The molecule has 1 aliphatic carbocycles. The van der Waals surface area contributed by atoms with Crippen molar-refractivity contribution in [3.8, 4) is 28.4 Å². The largest absolute Gasteiger partial charge is 0.493 e. The number of imidazole rings is 1. The minimum absolute atomic E-state index is 0.156. The number of methoxy groups -OCH3 is 3. The number of nitrogens with one attached hydrogen (secondary N) is 3. The number of ether oxygens (including phenoxy) is 3. The summed E-state index contributed by atoms with van der Waals surface area (Å²) >= 11 is 0. The van der Waals surface area contributed by atoms with Crippen LogP contribution in [0.4, 0.5) is 11.4 Å². The molecule has 0 radical (unpaired) electrons. The first kappa shape index (κ1) is 31.4. The monoisotopic (exact) mass is 613 g/mol. The molecule has 1 aromatic heterocycles. The first-order chi connectivity index (χ1) is 21.6. The zero-order valence-corrected chi connectivity index (χ0v) is 26.6. The van der Waals surface area contributed by atoms with Crippen molar-refractivity contribution in [3.63, 3.8) is 0 Å². The third-order valence-corrected chi connectivity index (χ3v) is 8.17. The van der Waals surface area contributed by atoms with Crippen LogP contribution < -0.4 is 35.6 Å². The fraction of sp³-hybridized carbons (Fsp3) is 0.353. The van der Waals surface area contributed by atoms with Crippen LogP contribution >= 0.6 is 0 Å². The molecular weight excluding hydrogens is 574 g/mol. The summed E-state index contributed by atoms with van der Waals surface area (Å²) in [7, 11) is 6.57. The molecule has 1 aliphatic rings. The molecule has 11 heteroatoms. The van der Waals surface area contributed by atoms with E-state index in [1.807, 2.05) is 55.8 Å². The lowest BCUT2D eigenvalue weighted by Crippen LogP contribution is -2.39. The number of hydrogen-bond acceptors (Lipinski definition) is 8. The Hall–Kier alpha value is -5.06. The maximum Gasteiger partial charge on any atom is 0.247 e. The molecule has 0 unspecified atom stereocenters. The second-order valence-corrected chi connectivity index (χ2v) is 11.5. The maximum atomic E-state index is 13.8. The van der Waals surface area contributed by atoms with Crippen molar-refractivity contribution >= 4 is 34.2 Å². The maximum absolute atomic E-state index is 13.8. The number of carbonyl (C=O) groups is 2. The van der Waals surface area contributed by atoms with Gasteiger partial charge in [-0.3, -0.25) is 14.4 Å². The number of benzene rings is 2. The van der Waals surface area contributed by atoms with Crippen molar-refractivity contribution in [2.75, 3.05) is 32.0 Å². The minimum Gasteiger partial charge on any atom is -0.493 e. The molecule has 0 saturated carbocycles.